The summed E-state index contributed by atoms with van der Waals surface area (Å²) in [6.45, 7) is 6.76. The molecule has 2 aliphatic heterocycles. The van der Waals surface area contributed by atoms with E-state index in [1.54, 1.807) is 0 Å². The minimum Gasteiger partial charge on any atom is -0.303 e. The molecule has 0 N–H and O–H groups in total. The van der Waals surface area contributed by atoms with Crippen LogP contribution in [0.4, 0.5) is 0 Å². The predicted octanol–water partition coefficient (Wildman–Crippen LogP) is 7.38. The Hall–Kier alpha value is -2.82. The minimum atomic E-state index is 0.234. The number of carbonyl (C=O) groups is 2. The Morgan fingerprint density at radius 1 is 0.605 bits per heavy atom. The number of carbonyl (C=O) groups excluding carboxylic acids is 2. The maximum Gasteiger partial charge on any atom is 0.163 e. The van der Waals surface area contributed by atoms with E-state index >= 15 is 0 Å². The van der Waals surface area contributed by atoms with Gasteiger partial charge in [-0.3, -0.25) is 9.59 Å². The zero-order valence-electron chi connectivity index (χ0n) is 22.6. The van der Waals surface area contributed by atoms with Gasteiger partial charge in [-0.2, -0.15) is 0 Å². The molecular formula is C34H40N2O2. The quantitative estimate of drug-likeness (QED) is 0.210. The van der Waals surface area contributed by atoms with Crippen LogP contribution in [0.2, 0.25) is 0 Å². The third-order valence-corrected chi connectivity index (χ3v) is 8.92. The lowest BCUT2D eigenvalue weighted by molar-refractivity contribution is 0.0966. The molecule has 1 aliphatic carbocycles. The van der Waals surface area contributed by atoms with Gasteiger partial charge < -0.3 is 9.80 Å². The molecule has 0 bridgehead atoms. The second kappa shape index (κ2) is 11.5. The van der Waals surface area contributed by atoms with Crippen LogP contribution in [0, 0.1) is 0 Å². The van der Waals surface area contributed by atoms with E-state index in [9.17, 15) is 9.59 Å². The molecule has 4 heteroatoms. The van der Waals surface area contributed by atoms with Crippen LogP contribution in [0.3, 0.4) is 0 Å². The Labute approximate surface area is 227 Å². The van der Waals surface area contributed by atoms with Gasteiger partial charge in [0, 0.05) is 24.0 Å². The Kier molecular flexibility index (Phi) is 7.71. The number of hydrogen-bond donors (Lipinski definition) is 0. The molecule has 2 saturated heterocycles. The summed E-state index contributed by atoms with van der Waals surface area (Å²) in [4.78, 5) is 31.4. The van der Waals surface area contributed by atoms with Crippen LogP contribution >= 0.6 is 0 Å². The van der Waals surface area contributed by atoms with Crippen molar-refractivity contribution < 1.29 is 9.59 Å². The van der Waals surface area contributed by atoms with Crippen LogP contribution in [0.15, 0.2) is 48.5 Å². The Morgan fingerprint density at radius 2 is 1.21 bits per heavy atom. The minimum absolute atomic E-state index is 0.234. The standard InChI is InChI=1S/C34H40N2O2/c37-32(12-8-22-35-18-3-1-4-19-35)25-14-15-26-30-17-16-27(28-10-7-11-29(34(28)30)31(26)24-25)33(38)13-9-23-36-20-5-2-6-21-36/h7,10-11,14-17,24H,1-6,8-9,12-13,18-23H2. The van der Waals surface area contributed by atoms with Crippen LogP contribution in [0.5, 0.6) is 0 Å². The van der Waals surface area contributed by atoms with Gasteiger partial charge in [-0.05, 0) is 117 Å². The van der Waals surface area contributed by atoms with E-state index < -0.39 is 0 Å². The highest BCUT2D eigenvalue weighted by atomic mass is 16.1. The lowest BCUT2D eigenvalue weighted by Gasteiger charge is -2.26. The molecule has 4 nitrogen and oxygen atoms in total. The van der Waals surface area contributed by atoms with Crippen molar-refractivity contribution in [3.05, 3.63) is 59.7 Å². The Bertz CT molecular complexity index is 1330. The average molecular weight is 509 g/mol. The van der Waals surface area contributed by atoms with E-state index in [2.05, 4.69) is 46.2 Å². The van der Waals surface area contributed by atoms with E-state index in [1.165, 1.54) is 81.2 Å². The van der Waals surface area contributed by atoms with Crippen LogP contribution < -0.4 is 0 Å². The summed E-state index contributed by atoms with van der Waals surface area (Å²) in [5, 5.41) is 2.22. The SMILES string of the molecule is O=C(CCCN1CCCCC1)c1ccc2c(c1)-c1cccc3c(C(=O)CCCN4CCCCC4)ccc-2c13. The number of likely N-dealkylation sites (tertiary alicyclic amines) is 2. The first kappa shape index (κ1) is 25.5. The number of hydrogen-bond acceptors (Lipinski definition) is 4. The summed E-state index contributed by atoms with van der Waals surface area (Å²) in [6.07, 6.45) is 10.9. The molecule has 3 aromatic rings. The van der Waals surface area contributed by atoms with E-state index in [1.807, 2.05) is 12.1 Å². The topological polar surface area (TPSA) is 40.6 Å². The van der Waals surface area contributed by atoms with Gasteiger partial charge >= 0.3 is 0 Å². The number of rotatable bonds is 10. The van der Waals surface area contributed by atoms with Crippen LogP contribution in [0.1, 0.15) is 84.9 Å². The molecule has 0 spiro atoms. The molecule has 0 atom stereocenters. The van der Waals surface area contributed by atoms with Crippen molar-refractivity contribution in [2.24, 2.45) is 0 Å². The van der Waals surface area contributed by atoms with Gasteiger partial charge in [0.05, 0.1) is 0 Å². The molecular weight excluding hydrogens is 468 g/mol. The summed E-state index contributed by atoms with van der Waals surface area (Å²) in [7, 11) is 0. The zero-order chi connectivity index (χ0) is 25.9. The van der Waals surface area contributed by atoms with Crippen molar-refractivity contribution in [1.82, 2.24) is 9.80 Å². The number of Topliss-reactive ketones (excluding diaryl/α,β-unsaturated/α-hetero) is 2. The van der Waals surface area contributed by atoms with Crippen molar-refractivity contribution in [3.63, 3.8) is 0 Å². The molecule has 2 heterocycles. The molecule has 38 heavy (non-hydrogen) atoms. The largest absolute Gasteiger partial charge is 0.303 e. The third-order valence-electron chi connectivity index (χ3n) is 8.92. The van der Waals surface area contributed by atoms with Gasteiger partial charge in [-0.25, -0.2) is 0 Å². The van der Waals surface area contributed by atoms with Crippen molar-refractivity contribution in [2.75, 3.05) is 39.3 Å². The fourth-order valence-electron chi connectivity index (χ4n) is 6.85. The molecule has 2 fully saturated rings. The summed E-state index contributed by atoms with van der Waals surface area (Å²) >= 11 is 0. The summed E-state index contributed by atoms with van der Waals surface area (Å²) in [5.41, 5.74) is 6.28. The van der Waals surface area contributed by atoms with E-state index in [0.717, 1.165) is 53.6 Å². The molecule has 6 rings (SSSR count). The van der Waals surface area contributed by atoms with Gasteiger partial charge in [0.25, 0.3) is 0 Å². The van der Waals surface area contributed by atoms with Crippen molar-refractivity contribution in [2.45, 2.75) is 64.2 Å². The highest BCUT2D eigenvalue weighted by Crippen LogP contribution is 2.48. The molecule has 198 valence electrons. The number of fused-ring (bicyclic) bond motifs is 3. The van der Waals surface area contributed by atoms with E-state index in [-0.39, 0.29) is 11.6 Å². The highest BCUT2D eigenvalue weighted by Gasteiger charge is 2.25. The molecule has 0 aromatic heterocycles. The highest BCUT2D eigenvalue weighted by molar-refractivity contribution is 6.21. The second-order valence-corrected chi connectivity index (χ2v) is 11.5. The number of piperidine rings is 2. The molecule has 0 saturated carbocycles. The fraction of sp³-hybridized carbons (Fsp3) is 0.471. The number of nitrogens with zero attached hydrogens (tertiary/aromatic N) is 2. The molecule has 0 radical (unpaired) electrons. The summed E-state index contributed by atoms with van der Waals surface area (Å²) in [5.74, 6) is 0.476. The van der Waals surface area contributed by atoms with Crippen LogP contribution in [-0.4, -0.2) is 60.6 Å². The second-order valence-electron chi connectivity index (χ2n) is 11.5. The van der Waals surface area contributed by atoms with Gasteiger partial charge in [0.2, 0.25) is 0 Å². The maximum atomic E-state index is 13.3. The molecule has 3 aliphatic rings. The average Bonchev–Trinajstić information content (AvgIpc) is 3.29. The lowest BCUT2D eigenvalue weighted by atomic mass is 9.95. The number of benzene rings is 3. The first-order chi connectivity index (χ1) is 18.7. The van der Waals surface area contributed by atoms with Crippen molar-refractivity contribution in [1.29, 1.82) is 0 Å². The summed E-state index contributed by atoms with van der Waals surface area (Å²) in [6, 6.07) is 16.7. The predicted molar refractivity (Wildman–Crippen MR) is 156 cm³/mol. The fourth-order valence-corrected chi connectivity index (χ4v) is 6.85. The zero-order valence-corrected chi connectivity index (χ0v) is 22.6. The Balaban J connectivity index is 1.17. The molecule has 3 aromatic carbocycles. The first-order valence-electron chi connectivity index (χ1n) is 14.9. The van der Waals surface area contributed by atoms with E-state index in [4.69, 9.17) is 0 Å². The smallest absolute Gasteiger partial charge is 0.163 e. The number of ketones is 2. The van der Waals surface area contributed by atoms with Crippen LogP contribution in [0.25, 0.3) is 33.0 Å². The van der Waals surface area contributed by atoms with Gasteiger partial charge in [0.1, 0.15) is 0 Å². The van der Waals surface area contributed by atoms with E-state index in [0.29, 0.717) is 12.8 Å². The van der Waals surface area contributed by atoms with Crippen LogP contribution in [-0.2, 0) is 0 Å². The lowest BCUT2D eigenvalue weighted by Crippen LogP contribution is -2.30. The Morgan fingerprint density at radius 3 is 1.89 bits per heavy atom. The monoisotopic (exact) mass is 508 g/mol. The molecule has 0 amide bonds. The third kappa shape index (κ3) is 5.21. The maximum absolute atomic E-state index is 13.3. The van der Waals surface area contributed by atoms with Gasteiger partial charge in [-0.15, -0.1) is 0 Å². The van der Waals surface area contributed by atoms with Gasteiger partial charge in [-0.1, -0.05) is 55.3 Å². The van der Waals surface area contributed by atoms with Crippen molar-refractivity contribution in [3.8, 4) is 22.3 Å². The summed E-state index contributed by atoms with van der Waals surface area (Å²) < 4.78 is 0. The normalized spacial score (nSPS) is 17.6. The van der Waals surface area contributed by atoms with Gasteiger partial charge in [0.15, 0.2) is 11.6 Å². The van der Waals surface area contributed by atoms with Crippen molar-refractivity contribution >= 4 is 22.3 Å². The molecule has 0 unspecified atom stereocenters. The first-order valence-corrected chi connectivity index (χ1v) is 14.9.